The van der Waals surface area contributed by atoms with Gasteiger partial charge in [0.25, 0.3) is 0 Å². The number of thiophene rings is 1. The largest absolute Gasteiger partial charge is 0.481 e. The van der Waals surface area contributed by atoms with E-state index in [1.54, 1.807) is 13.0 Å². The molecular weight excluding hydrogens is 310 g/mol. The highest BCUT2D eigenvalue weighted by Crippen LogP contribution is 2.33. The van der Waals surface area contributed by atoms with Gasteiger partial charge in [0.1, 0.15) is 11.5 Å². The third-order valence-corrected chi connectivity index (χ3v) is 4.16. The predicted octanol–water partition coefficient (Wildman–Crippen LogP) is 1.85. The smallest absolute Gasteiger partial charge is 0.341 e. The van der Waals surface area contributed by atoms with Crippen LogP contribution in [-0.2, 0) is 20.7 Å². The molecule has 0 atom stereocenters. The van der Waals surface area contributed by atoms with Crippen LogP contribution in [0.15, 0.2) is 6.07 Å². The van der Waals surface area contributed by atoms with E-state index in [1.165, 1.54) is 16.2 Å². The number of carbonyl (C=O) groups excluding carboxylic acids is 1. The summed E-state index contributed by atoms with van der Waals surface area (Å²) in [5.74, 6) is -2.65. The number of hydrogen-bond donors (Lipinski definition) is 2. The van der Waals surface area contributed by atoms with Crippen molar-refractivity contribution >= 4 is 34.2 Å². The molecule has 1 rings (SSSR count). The summed E-state index contributed by atoms with van der Waals surface area (Å²) in [6.45, 7) is 3.46. The van der Waals surface area contributed by atoms with Crippen LogP contribution < -0.4 is 4.90 Å². The number of aryl methyl sites for hydroxylation is 1. The second-order valence-electron chi connectivity index (χ2n) is 4.46. The van der Waals surface area contributed by atoms with Crippen LogP contribution in [0.25, 0.3) is 0 Å². The number of nitrogens with zero attached hydrogens (tertiary/aromatic N) is 1. The van der Waals surface area contributed by atoms with Crippen LogP contribution in [0, 0.1) is 0 Å². The summed E-state index contributed by atoms with van der Waals surface area (Å²) < 4.78 is 4.98. The average molecular weight is 329 g/mol. The monoisotopic (exact) mass is 329 g/mol. The molecule has 0 saturated carbocycles. The molecule has 0 saturated heterocycles. The van der Waals surface area contributed by atoms with Gasteiger partial charge in [-0.15, -0.1) is 11.3 Å². The summed E-state index contributed by atoms with van der Waals surface area (Å²) in [4.78, 5) is 36.1. The molecule has 1 aromatic heterocycles. The summed E-state index contributed by atoms with van der Waals surface area (Å²) in [7, 11) is 0. The first-order valence-corrected chi connectivity index (χ1v) is 7.69. The molecule has 0 aliphatic rings. The summed E-state index contributed by atoms with van der Waals surface area (Å²) >= 11 is 1.28. The van der Waals surface area contributed by atoms with E-state index >= 15 is 0 Å². The molecule has 0 unspecified atom stereocenters. The fraction of sp³-hybridized carbons (Fsp3) is 0.500. The van der Waals surface area contributed by atoms with E-state index in [0.717, 1.165) is 4.88 Å². The maximum Gasteiger partial charge on any atom is 0.341 e. The molecule has 0 radical (unpaired) electrons. The van der Waals surface area contributed by atoms with Gasteiger partial charge in [0.2, 0.25) is 0 Å². The average Bonchev–Trinajstić information content (AvgIpc) is 2.87. The lowest BCUT2D eigenvalue weighted by molar-refractivity contribution is -0.138. The molecule has 0 bridgehead atoms. The summed E-state index contributed by atoms with van der Waals surface area (Å²) in [6.07, 6.45) is 0.478. The molecule has 0 aliphatic heterocycles. The van der Waals surface area contributed by atoms with Crippen molar-refractivity contribution in [2.24, 2.45) is 0 Å². The lowest BCUT2D eigenvalue weighted by atomic mass is 10.2. The fourth-order valence-corrected chi connectivity index (χ4v) is 2.95. The molecule has 8 heteroatoms. The van der Waals surface area contributed by atoms with E-state index in [9.17, 15) is 14.4 Å². The van der Waals surface area contributed by atoms with Gasteiger partial charge in [-0.25, -0.2) is 4.79 Å². The summed E-state index contributed by atoms with van der Waals surface area (Å²) in [5, 5.41) is 18.2. The van der Waals surface area contributed by atoms with Crippen molar-refractivity contribution in [1.82, 2.24) is 0 Å². The standard InChI is InChI=1S/C14H19NO6S/c1-3-9-7-10(14(20)21-4-2)13(22-9)15(8-12(18)19)6-5-11(16)17/h7H,3-6,8H2,1-2H3,(H,16,17)(H,18,19). The quantitative estimate of drug-likeness (QED) is 0.666. The van der Waals surface area contributed by atoms with Crippen LogP contribution in [-0.4, -0.2) is 47.8 Å². The van der Waals surface area contributed by atoms with Crippen LogP contribution in [0.5, 0.6) is 0 Å². The minimum atomic E-state index is -1.09. The molecule has 22 heavy (non-hydrogen) atoms. The molecule has 1 heterocycles. The van der Waals surface area contributed by atoms with Crippen molar-refractivity contribution in [2.75, 3.05) is 24.6 Å². The number of aliphatic carboxylic acids is 2. The summed E-state index contributed by atoms with van der Waals surface area (Å²) in [6, 6.07) is 1.67. The Kier molecular flexibility index (Phi) is 6.84. The Bertz CT molecular complexity index is 554. The zero-order chi connectivity index (χ0) is 16.7. The van der Waals surface area contributed by atoms with Crippen molar-refractivity contribution in [1.29, 1.82) is 0 Å². The molecular formula is C14H19NO6S. The van der Waals surface area contributed by atoms with Gasteiger partial charge >= 0.3 is 17.9 Å². The predicted molar refractivity (Wildman–Crippen MR) is 81.8 cm³/mol. The lowest BCUT2D eigenvalue weighted by Gasteiger charge is -2.21. The number of anilines is 1. The molecule has 0 aromatic carbocycles. The first-order chi connectivity index (χ1) is 10.4. The molecule has 0 aliphatic carbocycles. The molecule has 0 amide bonds. The topological polar surface area (TPSA) is 104 Å². The van der Waals surface area contributed by atoms with Crippen LogP contribution in [0.2, 0.25) is 0 Å². The lowest BCUT2D eigenvalue weighted by Crippen LogP contribution is -2.32. The number of ether oxygens (including phenoxy) is 1. The van der Waals surface area contributed by atoms with E-state index < -0.39 is 17.9 Å². The van der Waals surface area contributed by atoms with Crippen LogP contribution in [0.3, 0.4) is 0 Å². The molecule has 1 aromatic rings. The molecule has 0 spiro atoms. The Morgan fingerprint density at radius 3 is 2.41 bits per heavy atom. The van der Waals surface area contributed by atoms with Gasteiger partial charge in [0, 0.05) is 11.4 Å². The third kappa shape index (κ3) is 5.03. The second kappa shape index (κ2) is 8.38. The SMILES string of the molecule is CCOC(=O)c1cc(CC)sc1N(CCC(=O)O)CC(=O)O. The van der Waals surface area contributed by atoms with Crippen molar-refractivity contribution in [3.63, 3.8) is 0 Å². The second-order valence-corrected chi connectivity index (χ2v) is 5.58. The van der Waals surface area contributed by atoms with Crippen LogP contribution in [0.4, 0.5) is 5.00 Å². The van der Waals surface area contributed by atoms with E-state index in [2.05, 4.69) is 0 Å². The zero-order valence-corrected chi connectivity index (χ0v) is 13.3. The van der Waals surface area contributed by atoms with Crippen LogP contribution in [0.1, 0.15) is 35.5 Å². The van der Waals surface area contributed by atoms with Crippen molar-refractivity contribution in [2.45, 2.75) is 26.7 Å². The highest BCUT2D eigenvalue weighted by molar-refractivity contribution is 7.16. The summed E-state index contributed by atoms with van der Waals surface area (Å²) in [5.41, 5.74) is 0.287. The Labute approximate surface area is 132 Å². The van der Waals surface area contributed by atoms with Crippen molar-refractivity contribution in [3.05, 3.63) is 16.5 Å². The minimum absolute atomic E-state index is 0.0116. The van der Waals surface area contributed by atoms with Gasteiger partial charge in [-0.05, 0) is 19.4 Å². The van der Waals surface area contributed by atoms with Crippen molar-refractivity contribution in [3.8, 4) is 0 Å². The highest BCUT2D eigenvalue weighted by Gasteiger charge is 2.23. The number of hydrogen-bond acceptors (Lipinski definition) is 6. The molecule has 0 fully saturated rings. The van der Waals surface area contributed by atoms with Crippen molar-refractivity contribution < 1.29 is 29.3 Å². The molecule has 2 N–H and O–H groups in total. The Hall–Kier alpha value is -2.09. The van der Waals surface area contributed by atoms with Gasteiger partial charge in [0.05, 0.1) is 18.6 Å². The number of carboxylic acids is 2. The fourth-order valence-electron chi connectivity index (χ4n) is 1.84. The molecule has 7 nitrogen and oxygen atoms in total. The van der Waals surface area contributed by atoms with E-state index in [-0.39, 0.29) is 31.7 Å². The van der Waals surface area contributed by atoms with E-state index in [0.29, 0.717) is 11.4 Å². The van der Waals surface area contributed by atoms with Crippen LogP contribution >= 0.6 is 11.3 Å². The maximum atomic E-state index is 12.0. The highest BCUT2D eigenvalue weighted by atomic mass is 32.1. The Balaban J connectivity index is 3.14. The Morgan fingerprint density at radius 2 is 1.91 bits per heavy atom. The minimum Gasteiger partial charge on any atom is -0.481 e. The zero-order valence-electron chi connectivity index (χ0n) is 12.5. The first-order valence-electron chi connectivity index (χ1n) is 6.87. The van der Waals surface area contributed by atoms with Gasteiger partial charge in [-0.3, -0.25) is 9.59 Å². The maximum absolute atomic E-state index is 12.0. The number of rotatable bonds is 9. The van der Waals surface area contributed by atoms with Gasteiger partial charge in [-0.1, -0.05) is 6.92 Å². The normalized spacial score (nSPS) is 10.3. The number of carbonyl (C=O) groups is 3. The van der Waals surface area contributed by atoms with Gasteiger partial charge in [-0.2, -0.15) is 0 Å². The van der Waals surface area contributed by atoms with E-state index in [1.807, 2.05) is 6.92 Å². The number of carboxylic acid groups (broad SMARTS) is 2. The third-order valence-electron chi connectivity index (χ3n) is 2.82. The van der Waals surface area contributed by atoms with Gasteiger partial charge in [0.15, 0.2) is 0 Å². The van der Waals surface area contributed by atoms with E-state index in [4.69, 9.17) is 14.9 Å². The first kappa shape index (κ1) is 18.0. The number of esters is 1. The van der Waals surface area contributed by atoms with Gasteiger partial charge < -0.3 is 19.8 Å². The Morgan fingerprint density at radius 1 is 1.23 bits per heavy atom. The molecule has 122 valence electrons.